The first-order valence-corrected chi connectivity index (χ1v) is 8.92. The van der Waals surface area contributed by atoms with Crippen molar-refractivity contribution in [3.63, 3.8) is 0 Å². The number of aliphatic imine (C=N–C) groups is 1. The van der Waals surface area contributed by atoms with Crippen LogP contribution in [0.5, 0.6) is 0 Å². The van der Waals surface area contributed by atoms with Crippen LogP contribution in [0.3, 0.4) is 0 Å². The lowest BCUT2D eigenvalue weighted by Crippen LogP contribution is -2.37. The molecule has 0 unspecified atom stereocenters. The van der Waals surface area contributed by atoms with Crippen molar-refractivity contribution in [1.82, 2.24) is 20.4 Å². The predicted molar refractivity (Wildman–Crippen MR) is 109 cm³/mol. The second-order valence-electron chi connectivity index (χ2n) is 6.14. The van der Waals surface area contributed by atoms with E-state index in [1.807, 2.05) is 29.1 Å². The fourth-order valence-electron chi connectivity index (χ4n) is 2.70. The minimum absolute atomic E-state index is 0.0878. The zero-order chi connectivity index (χ0) is 19.8. The Bertz CT molecular complexity index is 918. The summed E-state index contributed by atoms with van der Waals surface area (Å²) in [6.07, 6.45) is 4.53. The number of rotatable bonds is 7. The summed E-state index contributed by atoms with van der Waals surface area (Å²) in [6.45, 7) is 1.28. The molecule has 0 aliphatic heterocycles. The fourth-order valence-corrected chi connectivity index (χ4v) is 2.70. The van der Waals surface area contributed by atoms with Crippen molar-refractivity contribution < 1.29 is 4.92 Å². The maximum Gasteiger partial charge on any atom is 0.269 e. The summed E-state index contributed by atoms with van der Waals surface area (Å²) in [4.78, 5) is 14.5. The molecule has 144 valence electrons. The monoisotopic (exact) mass is 378 g/mol. The molecule has 0 aliphatic carbocycles. The smallest absolute Gasteiger partial charge is 0.269 e. The first kappa shape index (κ1) is 19.1. The number of benzene rings is 2. The first-order chi connectivity index (χ1) is 13.7. The molecule has 0 saturated carbocycles. The molecule has 0 aliphatic rings. The molecule has 0 fully saturated rings. The average Bonchev–Trinajstić information content (AvgIpc) is 3.26. The number of nitro groups is 1. The molecule has 3 aromatic rings. The molecule has 0 saturated heterocycles. The van der Waals surface area contributed by atoms with Crippen molar-refractivity contribution in [1.29, 1.82) is 0 Å². The fraction of sp³-hybridized carbons (Fsp3) is 0.200. The molecular weight excluding hydrogens is 356 g/mol. The van der Waals surface area contributed by atoms with Crippen LogP contribution in [0.2, 0.25) is 0 Å². The van der Waals surface area contributed by atoms with Gasteiger partial charge in [0, 0.05) is 44.7 Å². The summed E-state index contributed by atoms with van der Waals surface area (Å²) >= 11 is 0. The lowest BCUT2D eigenvalue weighted by molar-refractivity contribution is -0.384. The van der Waals surface area contributed by atoms with Crippen molar-refractivity contribution in [3.05, 3.63) is 88.2 Å². The van der Waals surface area contributed by atoms with Gasteiger partial charge in [-0.15, -0.1) is 0 Å². The minimum atomic E-state index is -0.403. The summed E-state index contributed by atoms with van der Waals surface area (Å²) in [5.74, 6) is 0.687. The first-order valence-electron chi connectivity index (χ1n) is 8.92. The van der Waals surface area contributed by atoms with E-state index in [9.17, 15) is 10.1 Å². The topological polar surface area (TPSA) is 97.4 Å². The van der Waals surface area contributed by atoms with Crippen molar-refractivity contribution in [2.75, 3.05) is 13.6 Å². The molecule has 8 heteroatoms. The number of nitrogens with one attached hydrogen (secondary N) is 2. The lowest BCUT2D eigenvalue weighted by Gasteiger charge is -2.12. The molecule has 8 nitrogen and oxygen atoms in total. The van der Waals surface area contributed by atoms with Crippen LogP contribution in [0.4, 0.5) is 5.69 Å². The summed E-state index contributed by atoms with van der Waals surface area (Å²) in [7, 11) is 1.71. The van der Waals surface area contributed by atoms with Crippen LogP contribution in [0.25, 0.3) is 5.69 Å². The van der Waals surface area contributed by atoms with E-state index in [-0.39, 0.29) is 5.69 Å². The van der Waals surface area contributed by atoms with Gasteiger partial charge in [0.1, 0.15) is 0 Å². The third-order valence-corrected chi connectivity index (χ3v) is 4.24. The second-order valence-corrected chi connectivity index (χ2v) is 6.14. The largest absolute Gasteiger partial charge is 0.356 e. The molecule has 0 amide bonds. The Labute approximate surface area is 163 Å². The Hall–Kier alpha value is -3.68. The highest BCUT2D eigenvalue weighted by Crippen LogP contribution is 2.11. The third-order valence-electron chi connectivity index (χ3n) is 4.24. The maximum absolute atomic E-state index is 10.7. The molecule has 0 radical (unpaired) electrons. The van der Waals surface area contributed by atoms with E-state index in [1.54, 1.807) is 25.4 Å². The normalized spacial score (nSPS) is 11.2. The summed E-state index contributed by atoms with van der Waals surface area (Å²) < 4.78 is 1.83. The van der Waals surface area contributed by atoms with Crippen LogP contribution >= 0.6 is 0 Å². The maximum atomic E-state index is 10.7. The van der Waals surface area contributed by atoms with Crippen LogP contribution in [-0.2, 0) is 13.0 Å². The highest BCUT2D eigenvalue weighted by atomic mass is 16.6. The highest BCUT2D eigenvalue weighted by Gasteiger charge is 2.04. The Balaban J connectivity index is 1.44. The molecular formula is C20H22N6O2. The number of aromatic nitrogens is 2. The van der Waals surface area contributed by atoms with Gasteiger partial charge in [0.15, 0.2) is 5.96 Å². The van der Waals surface area contributed by atoms with Crippen LogP contribution in [-0.4, -0.2) is 34.3 Å². The van der Waals surface area contributed by atoms with E-state index in [1.165, 1.54) is 17.7 Å². The molecule has 28 heavy (non-hydrogen) atoms. The Morgan fingerprint density at radius 1 is 1.11 bits per heavy atom. The SMILES string of the molecule is CN=C(NCCc1ccc(-n2cccn2)cc1)NCc1ccc([N+](=O)[O-])cc1. The van der Waals surface area contributed by atoms with E-state index >= 15 is 0 Å². The lowest BCUT2D eigenvalue weighted by atomic mass is 10.1. The number of non-ortho nitro benzene ring substituents is 1. The molecule has 0 spiro atoms. The second kappa shape index (κ2) is 9.31. The van der Waals surface area contributed by atoms with Crippen molar-refractivity contribution >= 4 is 11.6 Å². The van der Waals surface area contributed by atoms with E-state index in [0.717, 1.165) is 24.2 Å². The number of hydrogen-bond acceptors (Lipinski definition) is 4. The molecule has 2 N–H and O–H groups in total. The van der Waals surface area contributed by atoms with Gasteiger partial charge in [-0.25, -0.2) is 4.68 Å². The number of guanidine groups is 1. The van der Waals surface area contributed by atoms with Crippen LogP contribution in [0, 0.1) is 10.1 Å². The Morgan fingerprint density at radius 3 is 2.43 bits per heavy atom. The Kier molecular flexibility index (Phi) is 6.35. The van der Waals surface area contributed by atoms with Gasteiger partial charge in [0.05, 0.1) is 10.6 Å². The zero-order valence-electron chi connectivity index (χ0n) is 15.6. The van der Waals surface area contributed by atoms with Crippen LogP contribution in [0.1, 0.15) is 11.1 Å². The zero-order valence-corrected chi connectivity index (χ0v) is 15.6. The molecule has 1 heterocycles. The number of nitrogens with zero attached hydrogens (tertiary/aromatic N) is 4. The van der Waals surface area contributed by atoms with Gasteiger partial charge in [-0.3, -0.25) is 15.1 Å². The minimum Gasteiger partial charge on any atom is -0.356 e. The standard InChI is InChI=1S/C20H22N6O2/c1-21-20(23-15-17-5-9-19(10-6-17)26(27)28)22-13-11-16-3-7-18(8-4-16)25-14-2-12-24-25/h2-10,12,14H,11,13,15H2,1H3,(H2,21,22,23). The van der Waals surface area contributed by atoms with Crippen molar-refractivity contribution in [2.24, 2.45) is 4.99 Å². The third kappa shape index (κ3) is 5.16. The van der Waals surface area contributed by atoms with E-state index in [2.05, 4.69) is 32.9 Å². The molecule has 0 atom stereocenters. The van der Waals surface area contributed by atoms with Crippen molar-refractivity contribution in [2.45, 2.75) is 13.0 Å². The van der Waals surface area contributed by atoms with Gasteiger partial charge in [0.2, 0.25) is 0 Å². The molecule has 1 aromatic heterocycles. The van der Waals surface area contributed by atoms with Crippen LogP contribution < -0.4 is 10.6 Å². The number of nitro benzene ring substituents is 1. The van der Waals surface area contributed by atoms with Gasteiger partial charge in [-0.05, 0) is 35.7 Å². The molecule has 0 bridgehead atoms. The highest BCUT2D eigenvalue weighted by molar-refractivity contribution is 5.79. The van der Waals surface area contributed by atoms with E-state index < -0.39 is 4.92 Å². The molecule has 3 rings (SSSR count). The van der Waals surface area contributed by atoms with E-state index in [0.29, 0.717) is 12.5 Å². The summed E-state index contributed by atoms with van der Waals surface area (Å²) in [6, 6.07) is 16.6. The summed E-state index contributed by atoms with van der Waals surface area (Å²) in [5, 5.41) is 21.4. The van der Waals surface area contributed by atoms with Gasteiger partial charge in [-0.1, -0.05) is 24.3 Å². The van der Waals surface area contributed by atoms with Gasteiger partial charge in [0.25, 0.3) is 5.69 Å². The molecule has 2 aromatic carbocycles. The van der Waals surface area contributed by atoms with Gasteiger partial charge < -0.3 is 10.6 Å². The predicted octanol–water partition coefficient (Wildman–Crippen LogP) is 2.69. The van der Waals surface area contributed by atoms with Crippen LogP contribution in [0.15, 0.2) is 72.0 Å². The average molecular weight is 378 g/mol. The van der Waals surface area contributed by atoms with Gasteiger partial charge >= 0.3 is 0 Å². The number of hydrogen-bond donors (Lipinski definition) is 2. The van der Waals surface area contributed by atoms with E-state index in [4.69, 9.17) is 0 Å². The van der Waals surface area contributed by atoms with Gasteiger partial charge in [-0.2, -0.15) is 5.10 Å². The summed E-state index contributed by atoms with van der Waals surface area (Å²) in [5.41, 5.74) is 3.28. The van der Waals surface area contributed by atoms with Crippen molar-refractivity contribution in [3.8, 4) is 5.69 Å². The Morgan fingerprint density at radius 2 is 1.82 bits per heavy atom. The quantitative estimate of drug-likeness (QED) is 0.285.